The summed E-state index contributed by atoms with van der Waals surface area (Å²) in [5, 5.41) is 10.9. The Morgan fingerprint density at radius 3 is 2.69 bits per heavy atom. The molecule has 1 aliphatic rings. The molecule has 1 aliphatic heterocycles. The summed E-state index contributed by atoms with van der Waals surface area (Å²) < 4.78 is 42.3. The van der Waals surface area contributed by atoms with E-state index in [2.05, 4.69) is 15.5 Å². The van der Waals surface area contributed by atoms with Crippen LogP contribution in [-0.2, 0) is 14.8 Å². The summed E-state index contributed by atoms with van der Waals surface area (Å²) in [7, 11) is -0.707. The van der Waals surface area contributed by atoms with Crippen molar-refractivity contribution >= 4 is 33.4 Å². The first kappa shape index (κ1) is 22.1. The molecular weight excluding hydrogens is 456 g/mol. The maximum atomic E-state index is 12.4. The lowest BCUT2D eigenvalue weighted by Gasteiger charge is -2.15. The van der Waals surface area contributed by atoms with E-state index >= 15 is 0 Å². The van der Waals surface area contributed by atoms with Crippen molar-refractivity contribution in [2.45, 2.75) is 17.0 Å². The summed E-state index contributed by atoms with van der Waals surface area (Å²) in [6.45, 7) is 1.87. The minimum atomic E-state index is -3.62. The number of hydrogen-bond donors (Lipinski definition) is 1. The van der Waals surface area contributed by atoms with Crippen molar-refractivity contribution in [2.75, 3.05) is 32.0 Å². The van der Waals surface area contributed by atoms with E-state index in [4.69, 9.17) is 13.9 Å². The van der Waals surface area contributed by atoms with E-state index in [1.807, 2.05) is 0 Å². The van der Waals surface area contributed by atoms with Crippen LogP contribution >= 0.6 is 11.8 Å². The van der Waals surface area contributed by atoms with Gasteiger partial charge in [0.1, 0.15) is 0 Å². The Balaban J connectivity index is 1.39. The number of rotatable bonds is 7. The summed E-state index contributed by atoms with van der Waals surface area (Å²) >= 11 is 1.07. The van der Waals surface area contributed by atoms with Crippen LogP contribution in [0.4, 0.5) is 5.69 Å². The Kier molecular flexibility index (Phi) is 6.09. The van der Waals surface area contributed by atoms with Gasteiger partial charge in [-0.1, -0.05) is 17.8 Å². The van der Waals surface area contributed by atoms with E-state index in [1.165, 1.54) is 20.2 Å². The molecule has 1 aromatic heterocycles. The van der Waals surface area contributed by atoms with Crippen LogP contribution in [0.5, 0.6) is 11.5 Å². The van der Waals surface area contributed by atoms with E-state index in [1.54, 1.807) is 37.3 Å². The molecule has 1 N–H and O–H groups in total. The largest absolute Gasteiger partial charge is 0.454 e. The van der Waals surface area contributed by atoms with E-state index in [-0.39, 0.29) is 28.6 Å². The number of fused-ring (bicyclic) bond motifs is 1. The fourth-order valence-electron chi connectivity index (χ4n) is 2.89. The second-order valence-corrected chi connectivity index (χ2v) is 10.1. The number of amides is 1. The highest BCUT2D eigenvalue weighted by atomic mass is 32.2. The standard InChI is InChI=1S/C20H20N4O6S2/c1-12-4-6-14(9-17(12)32(26,27)24(2)3)21-18(25)10-31-20-23-22-19(30-20)13-5-7-15-16(8-13)29-11-28-15/h4-9H,10-11H2,1-3H3,(H,21,25). The Morgan fingerprint density at radius 1 is 1.12 bits per heavy atom. The zero-order valence-electron chi connectivity index (χ0n) is 17.5. The van der Waals surface area contributed by atoms with Crippen LogP contribution in [0.1, 0.15) is 5.56 Å². The average molecular weight is 477 g/mol. The first-order valence-corrected chi connectivity index (χ1v) is 11.9. The van der Waals surface area contributed by atoms with Gasteiger partial charge in [-0.15, -0.1) is 10.2 Å². The molecule has 0 fully saturated rings. The van der Waals surface area contributed by atoms with Crippen molar-refractivity contribution in [1.29, 1.82) is 0 Å². The van der Waals surface area contributed by atoms with Crippen LogP contribution in [-0.4, -0.2) is 55.5 Å². The lowest BCUT2D eigenvalue weighted by atomic mass is 10.2. The van der Waals surface area contributed by atoms with Crippen LogP contribution in [0, 0.1) is 6.92 Å². The van der Waals surface area contributed by atoms with Gasteiger partial charge in [0.15, 0.2) is 11.5 Å². The Bertz CT molecular complexity index is 1270. The first-order chi connectivity index (χ1) is 15.2. The molecule has 2 heterocycles. The molecule has 4 rings (SSSR count). The van der Waals surface area contributed by atoms with Gasteiger partial charge < -0.3 is 19.2 Å². The van der Waals surface area contributed by atoms with E-state index < -0.39 is 10.0 Å². The van der Waals surface area contributed by atoms with E-state index in [9.17, 15) is 13.2 Å². The van der Waals surface area contributed by atoms with Crippen LogP contribution in [0.25, 0.3) is 11.5 Å². The third-order valence-corrected chi connectivity index (χ3v) is 7.36. The molecule has 2 aromatic carbocycles. The molecule has 0 spiro atoms. The molecule has 0 saturated carbocycles. The number of ether oxygens (including phenoxy) is 2. The number of carbonyl (C=O) groups excluding carboxylic acids is 1. The molecule has 3 aromatic rings. The van der Waals surface area contributed by atoms with Gasteiger partial charge in [-0.3, -0.25) is 4.79 Å². The number of hydrogen-bond acceptors (Lipinski definition) is 9. The summed E-state index contributed by atoms with van der Waals surface area (Å²) in [6.07, 6.45) is 0. The highest BCUT2D eigenvalue weighted by molar-refractivity contribution is 7.99. The summed E-state index contributed by atoms with van der Waals surface area (Å²) in [5.74, 6) is 1.21. The third kappa shape index (κ3) is 4.56. The number of aromatic nitrogens is 2. The number of nitrogens with one attached hydrogen (secondary N) is 1. The molecule has 0 atom stereocenters. The summed E-state index contributed by atoms with van der Waals surface area (Å²) in [6, 6.07) is 10.0. The van der Waals surface area contributed by atoms with Crippen LogP contribution < -0.4 is 14.8 Å². The van der Waals surface area contributed by atoms with Crippen molar-refractivity contribution in [2.24, 2.45) is 0 Å². The van der Waals surface area contributed by atoms with Crippen molar-refractivity contribution in [1.82, 2.24) is 14.5 Å². The minimum Gasteiger partial charge on any atom is -0.454 e. The van der Waals surface area contributed by atoms with Crippen LogP contribution in [0.15, 0.2) is 50.9 Å². The number of benzene rings is 2. The van der Waals surface area contributed by atoms with Gasteiger partial charge in [0, 0.05) is 25.3 Å². The van der Waals surface area contributed by atoms with Crippen molar-refractivity contribution in [3.8, 4) is 23.0 Å². The molecule has 0 unspecified atom stereocenters. The lowest BCUT2D eigenvalue weighted by Crippen LogP contribution is -2.23. The van der Waals surface area contributed by atoms with Crippen LogP contribution in [0.2, 0.25) is 0 Å². The molecule has 0 saturated heterocycles. The normalized spacial score (nSPS) is 12.9. The summed E-state index contributed by atoms with van der Waals surface area (Å²) in [5.41, 5.74) is 1.65. The lowest BCUT2D eigenvalue weighted by molar-refractivity contribution is -0.113. The second-order valence-electron chi connectivity index (χ2n) is 7.05. The fourth-order valence-corrected chi connectivity index (χ4v) is 4.60. The Labute approximate surface area is 189 Å². The molecule has 10 nitrogen and oxygen atoms in total. The van der Waals surface area contributed by atoms with Crippen molar-refractivity contribution in [3.05, 3.63) is 42.0 Å². The van der Waals surface area contributed by atoms with E-state index in [0.717, 1.165) is 16.1 Å². The van der Waals surface area contributed by atoms with Gasteiger partial charge in [0.05, 0.1) is 10.6 Å². The predicted octanol–water partition coefficient (Wildman–Crippen LogP) is 2.75. The SMILES string of the molecule is Cc1ccc(NC(=O)CSc2nnc(-c3ccc4c(c3)OCO4)o2)cc1S(=O)(=O)N(C)C. The number of anilines is 1. The minimum absolute atomic E-state index is 0.00636. The molecule has 32 heavy (non-hydrogen) atoms. The fraction of sp³-hybridized carbons (Fsp3) is 0.250. The topological polar surface area (TPSA) is 124 Å². The van der Waals surface area contributed by atoms with Gasteiger partial charge in [-0.2, -0.15) is 0 Å². The highest BCUT2D eigenvalue weighted by Crippen LogP contribution is 2.36. The van der Waals surface area contributed by atoms with Gasteiger partial charge >= 0.3 is 0 Å². The van der Waals surface area contributed by atoms with Crippen molar-refractivity contribution in [3.63, 3.8) is 0 Å². The van der Waals surface area contributed by atoms with Crippen molar-refractivity contribution < 1.29 is 27.1 Å². The van der Waals surface area contributed by atoms with Gasteiger partial charge in [0.2, 0.25) is 28.6 Å². The Morgan fingerprint density at radius 2 is 1.91 bits per heavy atom. The van der Waals surface area contributed by atoms with Gasteiger partial charge in [-0.05, 0) is 42.8 Å². The average Bonchev–Trinajstić information content (AvgIpc) is 3.42. The van der Waals surface area contributed by atoms with E-state index in [0.29, 0.717) is 34.2 Å². The molecule has 168 valence electrons. The monoisotopic (exact) mass is 476 g/mol. The zero-order chi connectivity index (χ0) is 22.9. The quantitative estimate of drug-likeness (QED) is 0.513. The smallest absolute Gasteiger partial charge is 0.277 e. The highest BCUT2D eigenvalue weighted by Gasteiger charge is 2.21. The number of aryl methyl sites for hydroxylation is 1. The third-order valence-electron chi connectivity index (χ3n) is 4.58. The maximum absolute atomic E-state index is 12.4. The maximum Gasteiger partial charge on any atom is 0.277 e. The predicted molar refractivity (Wildman–Crippen MR) is 117 cm³/mol. The van der Waals surface area contributed by atoms with Gasteiger partial charge in [-0.25, -0.2) is 12.7 Å². The molecule has 0 aliphatic carbocycles. The van der Waals surface area contributed by atoms with Gasteiger partial charge in [0.25, 0.3) is 5.22 Å². The second kappa shape index (κ2) is 8.81. The molecule has 0 radical (unpaired) electrons. The molecule has 0 bridgehead atoms. The number of thioether (sulfide) groups is 1. The zero-order valence-corrected chi connectivity index (χ0v) is 19.1. The molecular formula is C20H20N4O6S2. The first-order valence-electron chi connectivity index (χ1n) is 9.43. The number of nitrogens with zero attached hydrogens (tertiary/aromatic N) is 3. The Hall–Kier alpha value is -3.09. The van der Waals surface area contributed by atoms with Crippen LogP contribution in [0.3, 0.4) is 0 Å². The number of carbonyl (C=O) groups is 1. The molecule has 12 heteroatoms. The number of sulfonamides is 1. The molecule has 1 amide bonds. The summed E-state index contributed by atoms with van der Waals surface area (Å²) in [4.78, 5) is 12.5.